The molecule has 2 aromatic rings. The van der Waals surface area contributed by atoms with Crippen molar-refractivity contribution in [3.8, 4) is 11.1 Å². The second-order valence-electron chi connectivity index (χ2n) is 3.69. The number of rotatable bonds is 1. The van der Waals surface area contributed by atoms with E-state index in [-0.39, 0.29) is 5.82 Å². The standard InChI is InChI=1S/C11H11BrFN3/c1-5-3-8(12)10(13)9(6(5)2)7-4-15-16-11(7)14/h3-4H,1-2H3,(H3,14,15,16). The summed E-state index contributed by atoms with van der Waals surface area (Å²) in [5, 5.41) is 6.41. The van der Waals surface area contributed by atoms with Gasteiger partial charge < -0.3 is 5.73 Å². The minimum absolute atomic E-state index is 0.309. The number of hydrogen-bond acceptors (Lipinski definition) is 2. The molecule has 0 amide bonds. The van der Waals surface area contributed by atoms with Crippen molar-refractivity contribution < 1.29 is 4.39 Å². The van der Waals surface area contributed by atoms with Crippen LogP contribution in [0.2, 0.25) is 0 Å². The highest BCUT2D eigenvalue weighted by Crippen LogP contribution is 2.35. The van der Waals surface area contributed by atoms with Gasteiger partial charge in [-0.2, -0.15) is 5.10 Å². The highest BCUT2D eigenvalue weighted by atomic mass is 79.9. The van der Waals surface area contributed by atoms with Crippen molar-refractivity contribution in [1.29, 1.82) is 0 Å². The lowest BCUT2D eigenvalue weighted by molar-refractivity contribution is 0.623. The third-order valence-corrected chi connectivity index (χ3v) is 3.25. The Morgan fingerprint density at radius 3 is 2.69 bits per heavy atom. The number of H-pyrrole nitrogens is 1. The topological polar surface area (TPSA) is 54.7 Å². The van der Waals surface area contributed by atoms with Gasteiger partial charge in [0.25, 0.3) is 0 Å². The van der Waals surface area contributed by atoms with Crippen LogP contribution in [0.3, 0.4) is 0 Å². The summed E-state index contributed by atoms with van der Waals surface area (Å²) in [7, 11) is 0. The summed E-state index contributed by atoms with van der Waals surface area (Å²) in [6.07, 6.45) is 1.53. The van der Waals surface area contributed by atoms with Crippen LogP contribution in [-0.4, -0.2) is 10.2 Å². The fraction of sp³-hybridized carbons (Fsp3) is 0.182. The Kier molecular flexibility index (Phi) is 2.71. The van der Waals surface area contributed by atoms with Crippen LogP contribution >= 0.6 is 15.9 Å². The molecule has 0 aliphatic rings. The maximum Gasteiger partial charge on any atom is 0.145 e. The molecule has 0 bridgehead atoms. The van der Waals surface area contributed by atoms with Gasteiger partial charge in [-0.25, -0.2) is 4.39 Å². The van der Waals surface area contributed by atoms with Gasteiger partial charge in [-0.3, -0.25) is 5.10 Å². The highest BCUT2D eigenvalue weighted by Gasteiger charge is 2.17. The number of nitrogens with two attached hydrogens (primary N) is 1. The van der Waals surface area contributed by atoms with E-state index in [4.69, 9.17) is 5.73 Å². The van der Waals surface area contributed by atoms with Gasteiger partial charge >= 0.3 is 0 Å². The highest BCUT2D eigenvalue weighted by molar-refractivity contribution is 9.10. The number of hydrogen-bond donors (Lipinski definition) is 2. The lowest BCUT2D eigenvalue weighted by atomic mass is 9.98. The molecular weight excluding hydrogens is 273 g/mol. The zero-order valence-corrected chi connectivity index (χ0v) is 10.5. The number of nitrogen functional groups attached to an aromatic ring is 1. The molecule has 0 aliphatic carbocycles. The largest absolute Gasteiger partial charge is 0.384 e. The molecule has 3 nitrogen and oxygen atoms in total. The molecule has 84 valence electrons. The summed E-state index contributed by atoms with van der Waals surface area (Å²) in [5.41, 5.74) is 8.68. The van der Waals surface area contributed by atoms with Crippen LogP contribution in [0.15, 0.2) is 16.7 Å². The van der Waals surface area contributed by atoms with E-state index in [0.717, 1.165) is 11.1 Å². The van der Waals surface area contributed by atoms with Gasteiger partial charge in [0.2, 0.25) is 0 Å². The maximum atomic E-state index is 14.0. The lowest BCUT2D eigenvalue weighted by Gasteiger charge is -2.11. The lowest BCUT2D eigenvalue weighted by Crippen LogP contribution is -1.96. The molecular formula is C11H11BrFN3. The minimum Gasteiger partial charge on any atom is -0.384 e. The van der Waals surface area contributed by atoms with Crippen molar-refractivity contribution in [2.24, 2.45) is 0 Å². The SMILES string of the molecule is Cc1cc(Br)c(F)c(-c2cn[nH]c2N)c1C. The van der Waals surface area contributed by atoms with E-state index in [9.17, 15) is 4.39 Å². The van der Waals surface area contributed by atoms with Crippen LogP contribution < -0.4 is 5.73 Å². The van der Waals surface area contributed by atoms with Crippen molar-refractivity contribution in [3.63, 3.8) is 0 Å². The Labute approximate surface area is 101 Å². The zero-order chi connectivity index (χ0) is 11.9. The molecule has 1 heterocycles. The first kappa shape index (κ1) is 11.1. The van der Waals surface area contributed by atoms with Crippen molar-refractivity contribution in [2.45, 2.75) is 13.8 Å². The zero-order valence-electron chi connectivity index (χ0n) is 8.94. The van der Waals surface area contributed by atoms with E-state index in [1.54, 1.807) is 6.07 Å². The molecule has 0 saturated heterocycles. The third kappa shape index (κ3) is 1.61. The Hall–Kier alpha value is -1.36. The van der Waals surface area contributed by atoms with Crippen molar-refractivity contribution in [2.75, 3.05) is 5.73 Å². The normalized spacial score (nSPS) is 10.8. The van der Waals surface area contributed by atoms with Crippen LogP contribution in [0.25, 0.3) is 11.1 Å². The molecule has 5 heteroatoms. The number of benzene rings is 1. The maximum absolute atomic E-state index is 14.0. The Bertz CT molecular complexity index is 522. The van der Waals surface area contributed by atoms with Crippen LogP contribution in [-0.2, 0) is 0 Å². The first-order chi connectivity index (χ1) is 7.52. The molecule has 16 heavy (non-hydrogen) atoms. The second-order valence-corrected chi connectivity index (χ2v) is 4.54. The predicted molar refractivity (Wildman–Crippen MR) is 65.6 cm³/mol. The van der Waals surface area contributed by atoms with E-state index in [0.29, 0.717) is 21.4 Å². The summed E-state index contributed by atoms with van der Waals surface area (Å²) in [6.45, 7) is 3.80. The molecule has 0 unspecified atom stereocenters. The Morgan fingerprint density at radius 1 is 1.44 bits per heavy atom. The quantitative estimate of drug-likeness (QED) is 0.845. The molecule has 0 radical (unpaired) electrons. The minimum atomic E-state index is -0.309. The number of aromatic nitrogens is 2. The van der Waals surface area contributed by atoms with Crippen molar-refractivity contribution in [3.05, 3.63) is 33.7 Å². The van der Waals surface area contributed by atoms with E-state index in [1.165, 1.54) is 6.20 Å². The van der Waals surface area contributed by atoms with E-state index in [2.05, 4.69) is 26.1 Å². The second kappa shape index (κ2) is 3.90. The molecule has 1 aromatic carbocycles. The summed E-state index contributed by atoms with van der Waals surface area (Å²) < 4.78 is 14.5. The predicted octanol–water partition coefficient (Wildman–Crippen LogP) is 3.18. The third-order valence-electron chi connectivity index (χ3n) is 2.68. The number of anilines is 1. The molecule has 0 fully saturated rings. The van der Waals surface area contributed by atoms with E-state index < -0.39 is 0 Å². The van der Waals surface area contributed by atoms with Gasteiger partial charge in [0, 0.05) is 11.1 Å². The first-order valence-corrected chi connectivity index (χ1v) is 5.56. The molecule has 1 aromatic heterocycles. The molecule has 0 spiro atoms. The average molecular weight is 284 g/mol. The molecule has 3 N–H and O–H groups in total. The van der Waals surface area contributed by atoms with E-state index >= 15 is 0 Å². The fourth-order valence-electron chi connectivity index (χ4n) is 1.66. The smallest absolute Gasteiger partial charge is 0.145 e. The van der Waals surface area contributed by atoms with Gasteiger partial charge in [0.15, 0.2) is 0 Å². The summed E-state index contributed by atoms with van der Waals surface area (Å²) in [6, 6.07) is 1.75. The summed E-state index contributed by atoms with van der Waals surface area (Å²) in [5.74, 6) is 0.0655. The van der Waals surface area contributed by atoms with Gasteiger partial charge in [-0.15, -0.1) is 0 Å². The summed E-state index contributed by atoms with van der Waals surface area (Å²) >= 11 is 3.19. The Balaban J connectivity index is 2.79. The number of aromatic amines is 1. The van der Waals surface area contributed by atoms with Gasteiger partial charge in [-0.05, 0) is 47.0 Å². The van der Waals surface area contributed by atoms with Crippen molar-refractivity contribution >= 4 is 21.7 Å². The number of nitrogens with one attached hydrogen (secondary N) is 1. The molecule has 2 rings (SSSR count). The van der Waals surface area contributed by atoms with Crippen LogP contribution in [0.4, 0.5) is 10.2 Å². The van der Waals surface area contributed by atoms with E-state index in [1.807, 2.05) is 13.8 Å². The number of halogens is 2. The monoisotopic (exact) mass is 283 g/mol. The molecule has 0 atom stereocenters. The summed E-state index contributed by atoms with van der Waals surface area (Å²) in [4.78, 5) is 0. The van der Waals surface area contributed by atoms with Gasteiger partial charge in [-0.1, -0.05) is 0 Å². The Morgan fingerprint density at radius 2 is 2.12 bits per heavy atom. The first-order valence-electron chi connectivity index (χ1n) is 4.76. The molecule has 0 saturated carbocycles. The van der Waals surface area contributed by atoms with Crippen LogP contribution in [0, 0.1) is 19.7 Å². The van der Waals surface area contributed by atoms with Crippen molar-refractivity contribution in [1.82, 2.24) is 10.2 Å². The van der Waals surface area contributed by atoms with Crippen LogP contribution in [0.5, 0.6) is 0 Å². The number of nitrogens with zero attached hydrogens (tertiary/aromatic N) is 1. The fourth-order valence-corrected chi connectivity index (χ4v) is 2.20. The van der Waals surface area contributed by atoms with Gasteiger partial charge in [0.1, 0.15) is 11.6 Å². The van der Waals surface area contributed by atoms with Crippen LogP contribution in [0.1, 0.15) is 11.1 Å². The molecule has 0 aliphatic heterocycles. The van der Waals surface area contributed by atoms with Gasteiger partial charge in [0.05, 0.1) is 10.7 Å². The number of aryl methyl sites for hydroxylation is 1. The average Bonchev–Trinajstić information content (AvgIpc) is 2.63.